The second-order valence-corrected chi connectivity index (χ2v) is 4.30. The number of hydrogen-bond acceptors (Lipinski definition) is 3. The van der Waals surface area contributed by atoms with Crippen molar-refractivity contribution in [3.63, 3.8) is 0 Å². The Balaban J connectivity index is 2.11. The van der Waals surface area contributed by atoms with E-state index in [1.54, 1.807) is 6.07 Å². The van der Waals surface area contributed by atoms with Crippen LogP contribution in [-0.4, -0.2) is 4.98 Å². The lowest BCUT2D eigenvalue weighted by molar-refractivity contribution is 1.24. The fourth-order valence-electron chi connectivity index (χ4n) is 2.06. The third kappa shape index (κ3) is 2.15. The molecule has 1 aromatic heterocycles. The first kappa shape index (κ1) is 11.3. The van der Waals surface area contributed by atoms with Crippen LogP contribution in [0.5, 0.6) is 0 Å². The van der Waals surface area contributed by atoms with Crippen LogP contribution in [0.2, 0.25) is 0 Å². The minimum Gasteiger partial charge on any atom is -0.396 e. The maximum atomic E-state index is 11.3. The maximum absolute atomic E-state index is 11.3. The quantitative estimate of drug-likeness (QED) is 0.655. The van der Waals surface area contributed by atoms with Gasteiger partial charge < -0.3 is 16.0 Å². The summed E-state index contributed by atoms with van der Waals surface area (Å²) >= 11 is 0. The first-order valence-corrected chi connectivity index (χ1v) is 5.97. The summed E-state index contributed by atoms with van der Waals surface area (Å²) in [6.45, 7) is 0. The van der Waals surface area contributed by atoms with E-state index in [2.05, 4.69) is 10.3 Å². The van der Waals surface area contributed by atoms with Crippen molar-refractivity contribution in [1.29, 1.82) is 0 Å². The van der Waals surface area contributed by atoms with Crippen molar-refractivity contribution in [2.45, 2.75) is 0 Å². The second kappa shape index (κ2) is 4.49. The molecule has 0 saturated heterocycles. The Morgan fingerprint density at radius 3 is 2.63 bits per heavy atom. The number of aromatic amines is 1. The molecule has 0 amide bonds. The molecule has 1 heterocycles. The van der Waals surface area contributed by atoms with Gasteiger partial charge in [0.2, 0.25) is 5.56 Å². The molecule has 2 aromatic carbocycles. The lowest BCUT2D eigenvalue weighted by Crippen LogP contribution is -2.09. The van der Waals surface area contributed by atoms with Crippen LogP contribution in [0.15, 0.2) is 59.4 Å². The number of fused-ring (bicyclic) bond motifs is 1. The van der Waals surface area contributed by atoms with E-state index in [-0.39, 0.29) is 5.56 Å². The molecule has 3 rings (SSSR count). The van der Waals surface area contributed by atoms with Gasteiger partial charge in [0.25, 0.3) is 0 Å². The molecular weight excluding hydrogens is 238 g/mol. The van der Waals surface area contributed by atoms with Gasteiger partial charge in [-0.2, -0.15) is 0 Å². The second-order valence-electron chi connectivity index (χ2n) is 4.30. The number of benzene rings is 2. The maximum Gasteiger partial charge on any atom is 0.249 e. The van der Waals surface area contributed by atoms with Crippen molar-refractivity contribution in [1.82, 2.24) is 4.98 Å². The van der Waals surface area contributed by atoms with Crippen molar-refractivity contribution < 1.29 is 0 Å². The highest BCUT2D eigenvalue weighted by atomic mass is 16.1. The standard InChI is InChI=1S/C15H13N3O/c16-12-8-9-14(19)18-15(12)17-13-7-3-5-10-4-1-2-6-11(10)13/h1-9H,16H2,(H2,17,18,19). The fraction of sp³-hybridized carbons (Fsp3) is 0. The van der Waals surface area contributed by atoms with E-state index >= 15 is 0 Å². The highest BCUT2D eigenvalue weighted by Crippen LogP contribution is 2.26. The number of pyridine rings is 1. The van der Waals surface area contributed by atoms with E-state index in [0.717, 1.165) is 16.5 Å². The Labute approximate surface area is 109 Å². The topological polar surface area (TPSA) is 70.9 Å². The molecule has 0 atom stereocenters. The summed E-state index contributed by atoms with van der Waals surface area (Å²) in [5.41, 5.74) is 7.08. The normalized spacial score (nSPS) is 10.5. The molecule has 94 valence electrons. The van der Waals surface area contributed by atoms with E-state index in [1.165, 1.54) is 6.07 Å². The number of anilines is 3. The molecule has 0 spiro atoms. The number of aromatic nitrogens is 1. The predicted molar refractivity (Wildman–Crippen MR) is 78.7 cm³/mol. The third-order valence-electron chi connectivity index (χ3n) is 3.00. The fourth-order valence-corrected chi connectivity index (χ4v) is 2.06. The van der Waals surface area contributed by atoms with Gasteiger partial charge in [0.15, 0.2) is 0 Å². The predicted octanol–water partition coefficient (Wildman–Crippen LogP) is 2.85. The Bertz CT molecular complexity index is 787. The van der Waals surface area contributed by atoms with Crippen LogP contribution in [0.4, 0.5) is 17.2 Å². The molecule has 0 aliphatic heterocycles. The molecule has 4 N–H and O–H groups in total. The molecule has 19 heavy (non-hydrogen) atoms. The van der Waals surface area contributed by atoms with Gasteiger partial charge in [0, 0.05) is 17.1 Å². The number of nitrogen functional groups attached to an aromatic ring is 1. The van der Waals surface area contributed by atoms with Crippen LogP contribution >= 0.6 is 0 Å². The zero-order chi connectivity index (χ0) is 13.2. The number of nitrogens with one attached hydrogen (secondary N) is 2. The van der Waals surface area contributed by atoms with E-state index in [1.807, 2.05) is 42.5 Å². The third-order valence-corrected chi connectivity index (χ3v) is 3.00. The van der Waals surface area contributed by atoms with Crippen LogP contribution in [0.25, 0.3) is 10.8 Å². The number of nitrogens with two attached hydrogens (primary N) is 1. The summed E-state index contributed by atoms with van der Waals surface area (Å²) in [5.74, 6) is 0.517. The van der Waals surface area contributed by atoms with E-state index in [4.69, 9.17) is 5.73 Å². The zero-order valence-electron chi connectivity index (χ0n) is 10.2. The van der Waals surface area contributed by atoms with Gasteiger partial charge in [-0.3, -0.25) is 4.79 Å². The van der Waals surface area contributed by atoms with Gasteiger partial charge in [0.05, 0.1) is 5.69 Å². The SMILES string of the molecule is Nc1ccc(=O)[nH]c1Nc1cccc2ccccc12. The summed E-state index contributed by atoms with van der Waals surface area (Å²) < 4.78 is 0. The summed E-state index contributed by atoms with van der Waals surface area (Å²) in [6.07, 6.45) is 0. The van der Waals surface area contributed by atoms with E-state index in [9.17, 15) is 4.79 Å². The zero-order valence-corrected chi connectivity index (χ0v) is 10.2. The van der Waals surface area contributed by atoms with Gasteiger partial charge in [0.1, 0.15) is 5.82 Å². The van der Waals surface area contributed by atoms with Gasteiger partial charge in [-0.15, -0.1) is 0 Å². The molecule has 0 fully saturated rings. The molecule has 0 unspecified atom stereocenters. The minimum absolute atomic E-state index is 0.183. The molecule has 3 aromatic rings. The highest BCUT2D eigenvalue weighted by molar-refractivity contribution is 5.95. The monoisotopic (exact) mass is 251 g/mol. The van der Waals surface area contributed by atoms with Crippen LogP contribution in [0.1, 0.15) is 0 Å². The molecular formula is C15H13N3O. The van der Waals surface area contributed by atoms with Crippen molar-refractivity contribution in [2.24, 2.45) is 0 Å². The van der Waals surface area contributed by atoms with Gasteiger partial charge in [-0.25, -0.2) is 0 Å². The van der Waals surface area contributed by atoms with E-state index in [0.29, 0.717) is 11.5 Å². The van der Waals surface area contributed by atoms with Crippen LogP contribution in [0, 0.1) is 0 Å². The molecule has 4 heteroatoms. The van der Waals surface area contributed by atoms with Crippen molar-refractivity contribution >= 4 is 28.0 Å². The molecule has 0 saturated carbocycles. The Hall–Kier alpha value is -2.75. The Morgan fingerprint density at radius 2 is 1.74 bits per heavy atom. The van der Waals surface area contributed by atoms with E-state index < -0.39 is 0 Å². The largest absolute Gasteiger partial charge is 0.396 e. The minimum atomic E-state index is -0.183. The first-order chi connectivity index (χ1) is 9.24. The summed E-state index contributed by atoms with van der Waals surface area (Å²) in [5, 5.41) is 5.38. The molecule has 4 nitrogen and oxygen atoms in total. The van der Waals surface area contributed by atoms with Gasteiger partial charge >= 0.3 is 0 Å². The Kier molecular flexibility index (Phi) is 2.68. The summed E-state index contributed by atoms with van der Waals surface area (Å²) in [6, 6.07) is 17.0. The van der Waals surface area contributed by atoms with Gasteiger partial charge in [-0.05, 0) is 17.5 Å². The number of H-pyrrole nitrogens is 1. The molecule has 0 aliphatic rings. The average molecular weight is 251 g/mol. The first-order valence-electron chi connectivity index (χ1n) is 5.97. The van der Waals surface area contributed by atoms with Crippen LogP contribution in [-0.2, 0) is 0 Å². The summed E-state index contributed by atoms with van der Waals surface area (Å²) in [7, 11) is 0. The number of hydrogen-bond donors (Lipinski definition) is 3. The van der Waals surface area contributed by atoms with Crippen molar-refractivity contribution in [3.8, 4) is 0 Å². The van der Waals surface area contributed by atoms with Crippen LogP contribution < -0.4 is 16.6 Å². The summed E-state index contributed by atoms with van der Waals surface area (Å²) in [4.78, 5) is 14.0. The van der Waals surface area contributed by atoms with Gasteiger partial charge in [-0.1, -0.05) is 36.4 Å². The van der Waals surface area contributed by atoms with Crippen LogP contribution in [0.3, 0.4) is 0 Å². The molecule has 0 bridgehead atoms. The van der Waals surface area contributed by atoms with Crippen molar-refractivity contribution in [2.75, 3.05) is 11.1 Å². The average Bonchev–Trinajstić information content (AvgIpc) is 2.43. The number of rotatable bonds is 2. The molecule has 0 aliphatic carbocycles. The Morgan fingerprint density at radius 1 is 0.947 bits per heavy atom. The lowest BCUT2D eigenvalue weighted by atomic mass is 10.1. The lowest BCUT2D eigenvalue weighted by Gasteiger charge is -2.11. The molecule has 0 radical (unpaired) electrons. The van der Waals surface area contributed by atoms with Crippen molar-refractivity contribution in [3.05, 3.63) is 65.0 Å². The smallest absolute Gasteiger partial charge is 0.249 e. The highest BCUT2D eigenvalue weighted by Gasteiger charge is 2.03.